The Morgan fingerprint density at radius 2 is 2.07 bits per heavy atom. The van der Waals surface area contributed by atoms with Gasteiger partial charge in [-0.3, -0.25) is 4.40 Å². The Labute approximate surface area is 174 Å². The molecule has 2 aromatic carbocycles. The highest BCUT2D eigenvalue weighted by molar-refractivity contribution is 7.98. The molecule has 0 atom stereocenters. The lowest BCUT2D eigenvalue weighted by Gasteiger charge is -2.10. The summed E-state index contributed by atoms with van der Waals surface area (Å²) in [6.07, 6.45) is 0. The van der Waals surface area contributed by atoms with Crippen molar-refractivity contribution in [3.8, 4) is 28.5 Å². The molecular formula is C20H16FN3O3S2. The molecule has 1 aliphatic heterocycles. The Balaban J connectivity index is 1.47. The van der Waals surface area contributed by atoms with Gasteiger partial charge in [0, 0.05) is 22.8 Å². The summed E-state index contributed by atoms with van der Waals surface area (Å²) in [5.74, 6) is 2.41. The fourth-order valence-corrected chi connectivity index (χ4v) is 4.91. The van der Waals surface area contributed by atoms with Crippen molar-refractivity contribution in [2.75, 3.05) is 13.4 Å². The molecule has 1 aliphatic rings. The van der Waals surface area contributed by atoms with Crippen LogP contribution in [0.5, 0.6) is 17.2 Å². The number of thiazole rings is 1. The van der Waals surface area contributed by atoms with Crippen molar-refractivity contribution in [1.82, 2.24) is 14.6 Å². The van der Waals surface area contributed by atoms with Gasteiger partial charge in [0.1, 0.15) is 11.6 Å². The van der Waals surface area contributed by atoms with E-state index in [-0.39, 0.29) is 12.6 Å². The molecular weight excluding hydrogens is 413 g/mol. The Bertz CT molecular complexity index is 1190. The first-order chi connectivity index (χ1) is 14.2. The lowest BCUT2D eigenvalue weighted by Crippen LogP contribution is -1.97. The van der Waals surface area contributed by atoms with E-state index in [1.165, 1.54) is 23.5 Å². The molecule has 0 N–H and O–H groups in total. The number of hydrogen-bond acceptors (Lipinski definition) is 7. The minimum absolute atomic E-state index is 0.259. The molecule has 0 saturated carbocycles. The van der Waals surface area contributed by atoms with Crippen molar-refractivity contribution < 1.29 is 18.6 Å². The standard InChI is InChI=1S/C20H16FN3O3S2/c1-2-25-17-8-13(21)4-5-14(17)15-10-29-20-23-22-19(24(15)20)28-9-12-3-6-16-18(7-12)27-11-26-16/h3-8,10H,2,9,11H2,1H3. The fourth-order valence-electron chi connectivity index (χ4n) is 3.14. The maximum Gasteiger partial charge on any atom is 0.231 e. The molecule has 3 heterocycles. The predicted octanol–water partition coefficient (Wildman–Crippen LogP) is 5.02. The van der Waals surface area contributed by atoms with Crippen LogP contribution in [0, 0.1) is 5.82 Å². The molecule has 0 amide bonds. The minimum atomic E-state index is -0.329. The largest absolute Gasteiger partial charge is 0.493 e. The normalized spacial score (nSPS) is 12.6. The van der Waals surface area contributed by atoms with Gasteiger partial charge in [-0.2, -0.15) is 0 Å². The summed E-state index contributed by atoms with van der Waals surface area (Å²) in [4.78, 5) is 0.778. The third kappa shape index (κ3) is 3.40. The number of aromatic nitrogens is 3. The zero-order chi connectivity index (χ0) is 19.8. The van der Waals surface area contributed by atoms with Crippen molar-refractivity contribution >= 4 is 28.1 Å². The van der Waals surface area contributed by atoms with E-state index in [1.807, 2.05) is 34.9 Å². The first kappa shape index (κ1) is 18.3. The van der Waals surface area contributed by atoms with Crippen LogP contribution in [0.1, 0.15) is 12.5 Å². The molecule has 0 spiro atoms. The zero-order valence-electron chi connectivity index (χ0n) is 15.4. The Morgan fingerprint density at radius 3 is 2.97 bits per heavy atom. The molecule has 148 valence electrons. The lowest BCUT2D eigenvalue weighted by molar-refractivity contribution is 0.174. The number of thioether (sulfide) groups is 1. The van der Waals surface area contributed by atoms with E-state index in [2.05, 4.69) is 10.2 Å². The summed E-state index contributed by atoms with van der Waals surface area (Å²) >= 11 is 3.06. The van der Waals surface area contributed by atoms with E-state index in [9.17, 15) is 4.39 Å². The second-order valence-electron chi connectivity index (χ2n) is 6.27. The van der Waals surface area contributed by atoms with Gasteiger partial charge >= 0.3 is 0 Å². The molecule has 6 nitrogen and oxygen atoms in total. The van der Waals surface area contributed by atoms with E-state index in [1.54, 1.807) is 17.8 Å². The maximum atomic E-state index is 13.7. The molecule has 5 rings (SSSR count). The number of fused-ring (bicyclic) bond motifs is 2. The van der Waals surface area contributed by atoms with Crippen molar-refractivity contribution in [3.63, 3.8) is 0 Å². The highest BCUT2D eigenvalue weighted by Crippen LogP contribution is 2.37. The van der Waals surface area contributed by atoms with Crippen LogP contribution in [0.4, 0.5) is 4.39 Å². The molecule has 2 aromatic heterocycles. The van der Waals surface area contributed by atoms with Gasteiger partial charge < -0.3 is 14.2 Å². The number of rotatable bonds is 6. The topological polar surface area (TPSA) is 57.9 Å². The van der Waals surface area contributed by atoms with Crippen LogP contribution in [0.15, 0.2) is 46.9 Å². The average Bonchev–Trinajstić information content (AvgIpc) is 3.43. The third-order valence-electron chi connectivity index (χ3n) is 4.44. The zero-order valence-corrected chi connectivity index (χ0v) is 17.1. The minimum Gasteiger partial charge on any atom is -0.493 e. The number of nitrogens with zero attached hydrogens (tertiary/aromatic N) is 3. The average molecular weight is 429 g/mol. The van der Waals surface area contributed by atoms with Gasteiger partial charge in [0.15, 0.2) is 16.7 Å². The van der Waals surface area contributed by atoms with Gasteiger partial charge in [0.2, 0.25) is 11.8 Å². The molecule has 0 unspecified atom stereocenters. The molecule has 0 fully saturated rings. The Morgan fingerprint density at radius 1 is 1.17 bits per heavy atom. The highest BCUT2D eigenvalue weighted by Gasteiger charge is 2.18. The van der Waals surface area contributed by atoms with Gasteiger partial charge in [-0.15, -0.1) is 21.5 Å². The highest BCUT2D eigenvalue weighted by atomic mass is 32.2. The van der Waals surface area contributed by atoms with E-state index >= 15 is 0 Å². The van der Waals surface area contributed by atoms with Crippen molar-refractivity contribution in [2.45, 2.75) is 17.8 Å². The van der Waals surface area contributed by atoms with Crippen LogP contribution in [0.2, 0.25) is 0 Å². The molecule has 0 saturated heterocycles. The number of hydrogen-bond donors (Lipinski definition) is 0. The van der Waals surface area contributed by atoms with Gasteiger partial charge in [0.25, 0.3) is 0 Å². The number of halogens is 1. The van der Waals surface area contributed by atoms with Crippen LogP contribution in [-0.2, 0) is 5.75 Å². The molecule has 0 radical (unpaired) electrons. The van der Waals surface area contributed by atoms with Gasteiger partial charge in [0.05, 0.1) is 12.3 Å². The Kier molecular flexibility index (Phi) is 4.76. The summed E-state index contributed by atoms with van der Waals surface area (Å²) in [5, 5.41) is 11.4. The fraction of sp³-hybridized carbons (Fsp3) is 0.200. The number of ether oxygens (including phenoxy) is 3. The van der Waals surface area contributed by atoms with Gasteiger partial charge in [-0.25, -0.2) is 4.39 Å². The lowest BCUT2D eigenvalue weighted by atomic mass is 10.1. The SMILES string of the molecule is CCOc1cc(F)ccc1-c1csc2nnc(SCc3ccc4c(c3)OCO4)n12. The summed E-state index contributed by atoms with van der Waals surface area (Å²) in [6.45, 7) is 2.59. The van der Waals surface area contributed by atoms with Crippen molar-refractivity contribution in [3.05, 3.63) is 53.2 Å². The smallest absolute Gasteiger partial charge is 0.231 e. The van der Waals surface area contributed by atoms with Crippen LogP contribution >= 0.6 is 23.1 Å². The third-order valence-corrected chi connectivity index (χ3v) is 6.26. The first-order valence-electron chi connectivity index (χ1n) is 8.99. The maximum absolute atomic E-state index is 13.7. The van der Waals surface area contributed by atoms with Gasteiger partial charge in [-0.05, 0) is 36.8 Å². The second kappa shape index (κ2) is 7.57. The second-order valence-corrected chi connectivity index (χ2v) is 8.05. The van der Waals surface area contributed by atoms with E-state index in [4.69, 9.17) is 14.2 Å². The van der Waals surface area contributed by atoms with E-state index < -0.39 is 0 Å². The van der Waals surface area contributed by atoms with Crippen molar-refractivity contribution in [1.29, 1.82) is 0 Å². The molecule has 9 heteroatoms. The Hall–Kier alpha value is -2.78. The number of benzene rings is 2. The predicted molar refractivity (Wildman–Crippen MR) is 110 cm³/mol. The monoisotopic (exact) mass is 429 g/mol. The van der Waals surface area contributed by atoms with Gasteiger partial charge in [-0.1, -0.05) is 17.8 Å². The first-order valence-corrected chi connectivity index (χ1v) is 10.9. The summed E-state index contributed by atoms with van der Waals surface area (Å²) in [7, 11) is 0. The molecule has 29 heavy (non-hydrogen) atoms. The summed E-state index contributed by atoms with van der Waals surface area (Å²) in [6, 6.07) is 10.5. The molecule has 4 aromatic rings. The molecule has 0 aliphatic carbocycles. The van der Waals surface area contributed by atoms with Crippen LogP contribution in [0.25, 0.3) is 16.2 Å². The van der Waals surface area contributed by atoms with Crippen LogP contribution < -0.4 is 14.2 Å². The van der Waals surface area contributed by atoms with E-state index in [0.29, 0.717) is 18.1 Å². The van der Waals surface area contributed by atoms with Crippen molar-refractivity contribution in [2.24, 2.45) is 0 Å². The van der Waals surface area contributed by atoms with E-state index in [0.717, 1.165) is 38.4 Å². The molecule has 0 bridgehead atoms. The summed E-state index contributed by atoms with van der Waals surface area (Å²) in [5.41, 5.74) is 2.79. The van der Waals surface area contributed by atoms with Crippen LogP contribution in [0.3, 0.4) is 0 Å². The summed E-state index contributed by atoms with van der Waals surface area (Å²) < 4.78 is 32.2. The quantitative estimate of drug-likeness (QED) is 0.401. The van der Waals surface area contributed by atoms with Crippen LogP contribution in [-0.4, -0.2) is 28.0 Å².